The normalized spacial score (nSPS) is 10.2. The van der Waals surface area contributed by atoms with Crippen molar-refractivity contribution in [3.05, 3.63) is 51.0 Å². The van der Waals surface area contributed by atoms with Gasteiger partial charge in [-0.1, -0.05) is 12.1 Å². The number of halogens is 2. The molecule has 1 aromatic heterocycles. The molecule has 0 unspecified atom stereocenters. The van der Waals surface area contributed by atoms with Crippen LogP contribution >= 0.6 is 31.9 Å². The number of rotatable bonds is 2. The monoisotopic (exact) mass is 341 g/mol. The van der Waals surface area contributed by atoms with Crippen molar-refractivity contribution in [2.24, 2.45) is 0 Å². The minimum Gasteiger partial charge on any atom is -0.438 e. The quantitative estimate of drug-likeness (QED) is 0.788. The summed E-state index contributed by atoms with van der Waals surface area (Å²) in [5.41, 5.74) is 1.16. The highest BCUT2D eigenvalue weighted by Gasteiger charge is 2.04. The molecule has 0 spiro atoms. The Morgan fingerprint density at radius 2 is 2.00 bits per heavy atom. The van der Waals surface area contributed by atoms with E-state index in [-0.39, 0.29) is 0 Å². The number of hydrogen-bond donors (Lipinski definition) is 0. The van der Waals surface area contributed by atoms with Gasteiger partial charge in [0.25, 0.3) is 0 Å². The maximum atomic E-state index is 5.67. The lowest BCUT2D eigenvalue weighted by atomic mass is 10.2. The zero-order valence-electron chi connectivity index (χ0n) is 8.58. The zero-order chi connectivity index (χ0) is 11.5. The van der Waals surface area contributed by atoms with Gasteiger partial charge in [-0.05, 0) is 62.5 Å². The van der Waals surface area contributed by atoms with E-state index in [1.54, 1.807) is 6.20 Å². The Labute approximate surface area is 111 Å². The molecular weight excluding hydrogens is 334 g/mol. The van der Waals surface area contributed by atoms with Crippen molar-refractivity contribution in [2.45, 2.75) is 6.92 Å². The van der Waals surface area contributed by atoms with Crippen molar-refractivity contribution in [2.75, 3.05) is 0 Å². The molecule has 82 valence electrons. The number of benzene rings is 1. The Hall–Kier alpha value is -0.870. The molecule has 1 heterocycles. The number of aromatic nitrogens is 1. The third-order valence-electron chi connectivity index (χ3n) is 1.98. The molecule has 0 N–H and O–H groups in total. The second-order valence-electron chi connectivity index (χ2n) is 3.36. The second-order valence-corrected chi connectivity index (χ2v) is 5.13. The molecule has 2 rings (SSSR count). The van der Waals surface area contributed by atoms with Crippen LogP contribution in [0.3, 0.4) is 0 Å². The summed E-state index contributed by atoms with van der Waals surface area (Å²) in [6, 6.07) is 9.76. The summed E-state index contributed by atoms with van der Waals surface area (Å²) in [6.07, 6.45) is 1.70. The van der Waals surface area contributed by atoms with Crippen LogP contribution in [0.2, 0.25) is 0 Å². The van der Waals surface area contributed by atoms with Gasteiger partial charge in [-0.3, -0.25) is 0 Å². The van der Waals surface area contributed by atoms with Gasteiger partial charge in [0.1, 0.15) is 5.75 Å². The molecule has 0 bridgehead atoms. The molecule has 0 fully saturated rings. The lowest BCUT2D eigenvalue weighted by Crippen LogP contribution is -1.89. The predicted octanol–water partition coefficient (Wildman–Crippen LogP) is 4.71. The summed E-state index contributed by atoms with van der Waals surface area (Å²) in [7, 11) is 0. The van der Waals surface area contributed by atoms with E-state index in [1.165, 1.54) is 0 Å². The van der Waals surface area contributed by atoms with E-state index in [0.717, 1.165) is 20.3 Å². The molecule has 1 aromatic carbocycles. The Morgan fingerprint density at radius 3 is 2.69 bits per heavy atom. The number of hydrogen-bond acceptors (Lipinski definition) is 2. The molecule has 0 aliphatic carbocycles. The van der Waals surface area contributed by atoms with Crippen LogP contribution in [0.25, 0.3) is 0 Å². The van der Waals surface area contributed by atoms with Crippen molar-refractivity contribution < 1.29 is 4.74 Å². The van der Waals surface area contributed by atoms with Crippen LogP contribution in [-0.2, 0) is 0 Å². The summed E-state index contributed by atoms with van der Waals surface area (Å²) in [6.45, 7) is 2.02. The van der Waals surface area contributed by atoms with Crippen molar-refractivity contribution in [3.63, 3.8) is 0 Å². The van der Waals surface area contributed by atoms with Gasteiger partial charge in [0.15, 0.2) is 0 Å². The Kier molecular flexibility index (Phi) is 3.61. The van der Waals surface area contributed by atoms with Crippen LogP contribution in [0, 0.1) is 6.92 Å². The third-order valence-corrected chi connectivity index (χ3v) is 2.98. The van der Waals surface area contributed by atoms with E-state index < -0.39 is 0 Å². The highest BCUT2D eigenvalue weighted by molar-refractivity contribution is 9.11. The van der Waals surface area contributed by atoms with Gasteiger partial charge in [0.2, 0.25) is 5.88 Å². The Bertz CT molecular complexity index is 514. The van der Waals surface area contributed by atoms with Crippen molar-refractivity contribution in [3.8, 4) is 11.6 Å². The molecule has 0 atom stereocenters. The zero-order valence-corrected chi connectivity index (χ0v) is 11.7. The standard InChI is InChI=1S/C12H9Br2NO/c1-8-3-2-4-10(5-8)16-12-11(14)6-9(13)7-15-12/h2-7H,1H3. The number of nitrogens with zero attached hydrogens (tertiary/aromatic N) is 1. The summed E-state index contributed by atoms with van der Waals surface area (Å²) in [5.74, 6) is 1.35. The van der Waals surface area contributed by atoms with Crippen molar-refractivity contribution >= 4 is 31.9 Å². The summed E-state index contributed by atoms with van der Waals surface area (Å²) in [4.78, 5) is 4.19. The van der Waals surface area contributed by atoms with Gasteiger partial charge in [0, 0.05) is 10.7 Å². The molecule has 0 aliphatic heterocycles. The lowest BCUT2D eigenvalue weighted by Gasteiger charge is -2.07. The summed E-state index contributed by atoms with van der Waals surface area (Å²) < 4.78 is 7.40. The highest BCUT2D eigenvalue weighted by Crippen LogP contribution is 2.29. The van der Waals surface area contributed by atoms with E-state index in [2.05, 4.69) is 36.8 Å². The van der Waals surface area contributed by atoms with Crippen LogP contribution in [0.4, 0.5) is 0 Å². The first-order valence-corrected chi connectivity index (χ1v) is 6.29. The van der Waals surface area contributed by atoms with Crippen molar-refractivity contribution in [1.29, 1.82) is 0 Å². The summed E-state index contributed by atoms with van der Waals surface area (Å²) in [5, 5.41) is 0. The van der Waals surface area contributed by atoms with Crippen LogP contribution in [0.1, 0.15) is 5.56 Å². The van der Waals surface area contributed by atoms with Crippen LogP contribution < -0.4 is 4.74 Å². The average Bonchev–Trinajstić information content (AvgIpc) is 2.22. The van der Waals surface area contributed by atoms with E-state index in [4.69, 9.17) is 4.74 Å². The fourth-order valence-electron chi connectivity index (χ4n) is 1.27. The predicted molar refractivity (Wildman–Crippen MR) is 70.9 cm³/mol. The largest absolute Gasteiger partial charge is 0.438 e. The maximum absolute atomic E-state index is 5.67. The molecule has 0 saturated carbocycles. The number of ether oxygens (including phenoxy) is 1. The molecular formula is C12H9Br2NO. The third kappa shape index (κ3) is 2.83. The van der Waals surface area contributed by atoms with Crippen LogP contribution in [0.5, 0.6) is 11.6 Å². The van der Waals surface area contributed by atoms with Crippen molar-refractivity contribution in [1.82, 2.24) is 4.98 Å². The minimum absolute atomic E-state index is 0.564. The van der Waals surface area contributed by atoms with Gasteiger partial charge in [0.05, 0.1) is 4.47 Å². The summed E-state index contributed by atoms with van der Waals surface area (Å²) >= 11 is 6.75. The molecule has 0 amide bonds. The first kappa shape index (κ1) is 11.6. The molecule has 4 heteroatoms. The van der Waals surface area contributed by atoms with Gasteiger partial charge in [-0.2, -0.15) is 0 Å². The molecule has 16 heavy (non-hydrogen) atoms. The van der Waals surface area contributed by atoms with Gasteiger partial charge in [-0.15, -0.1) is 0 Å². The minimum atomic E-state index is 0.564. The Balaban J connectivity index is 2.27. The van der Waals surface area contributed by atoms with E-state index in [9.17, 15) is 0 Å². The first-order chi connectivity index (χ1) is 7.65. The topological polar surface area (TPSA) is 22.1 Å². The number of aryl methyl sites for hydroxylation is 1. The fraction of sp³-hybridized carbons (Fsp3) is 0.0833. The SMILES string of the molecule is Cc1cccc(Oc2ncc(Br)cc2Br)c1. The van der Waals surface area contributed by atoms with E-state index in [0.29, 0.717) is 5.88 Å². The molecule has 0 aliphatic rings. The van der Waals surface area contributed by atoms with Crippen LogP contribution in [0.15, 0.2) is 45.5 Å². The molecule has 2 nitrogen and oxygen atoms in total. The van der Waals surface area contributed by atoms with Gasteiger partial charge in [-0.25, -0.2) is 4.98 Å². The van der Waals surface area contributed by atoms with E-state index >= 15 is 0 Å². The Morgan fingerprint density at radius 1 is 1.19 bits per heavy atom. The first-order valence-electron chi connectivity index (χ1n) is 4.71. The van der Waals surface area contributed by atoms with Gasteiger partial charge >= 0.3 is 0 Å². The smallest absolute Gasteiger partial charge is 0.233 e. The second kappa shape index (κ2) is 4.97. The number of pyridine rings is 1. The maximum Gasteiger partial charge on any atom is 0.233 e. The highest BCUT2D eigenvalue weighted by atomic mass is 79.9. The van der Waals surface area contributed by atoms with Gasteiger partial charge < -0.3 is 4.74 Å². The fourth-order valence-corrected chi connectivity index (χ4v) is 2.34. The van der Waals surface area contributed by atoms with E-state index in [1.807, 2.05) is 37.3 Å². The van der Waals surface area contributed by atoms with Crippen LogP contribution in [-0.4, -0.2) is 4.98 Å². The molecule has 0 saturated heterocycles. The molecule has 2 aromatic rings. The molecule has 0 radical (unpaired) electrons. The average molecular weight is 343 g/mol. The lowest BCUT2D eigenvalue weighted by molar-refractivity contribution is 0.459.